The predicted octanol–water partition coefficient (Wildman–Crippen LogP) is 3.92. The lowest BCUT2D eigenvalue weighted by atomic mass is 10.0. The van der Waals surface area contributed by atoms with E-state index in [0.29, 0.717) is 12.2 Å². The van der Waals surface area contributed by atoms with Gasteiger partial charge in [0, 0.05) is 24.7 Å². The van der Waals surface area contributed by atoms with Crippen molar-refractivity contribution in [2.75, 3.05) is 18.0 Å². The Morgan fingerprint density at radius 2 is 1.91 bits per heavy atom. The normalized spacial score (nSPS) is 15.4. The predicted molar refractivity (Wildman–Crippen MR) is 130 cm³/mol. The molecule has 1 amide bonds. The minimum absolute atomic E-state index is 0.0110. The Morgan fingerprint density at radius 1 is 1.12 bits per heavy atom. The molecule has 0 spiro atoms. The molecule has 2 N–H and O–H groups in total. The Hall–Kier alpha value is -4.38. The number of fused-ring (bicyclic) bond motifs is 1. The van der Waals surface area contributed by atoms with E-state index in [1.54, 1.807) is 13.3 Å². The molecule has 1 aliphatic heterocycles. The standard InChI is InChI=1S/C26H24N6O2/c1-2-7-22(33)29-19-8-6-15-32(16-19)26-23-24(30-31-25(23)27-17-28-26)18-11-13-21(14-12-18)34-20-9-4-3-5-10-20/h3-5,9-14,17,19H,6,8,15-16H2,1H3,(H,29,33)(H,27,28,30,31). The van der Waals surface area contributed by atoms with Crippen molar-refractivity contribution < 1.29 is 9.53 Å². The largest absolute Gasteiger partial charge is 0.457 e. The minimum atomic E-state index is -0.246. The van der Waals surface area contributed by atoms with Gasteiger partial charge in [-0.15, -0.1) is 0 Å². The summed E-state index contributed by atoms with van der Waals surface area (Å²) in [6, 6.07) is 17.5. The van der Waals surface area contributed by atoms with Gasteiger partial charge in [0.15, 0.2) is 5.65 Å². The monoisotopic (exact) mass is 452 g/mol. The van der Waals surface area contributed by atoms with Crippen molar-refractivity contribution in [1.29, 1.82) is 0 Å². The first-order chi connectivity index (χ1) is 16.7. The Morgan fingerprint density at radius 3 is 2.71 bits per heavy atom. The molecule has 34 heavy (non-hydrogen) atoms. The van der Waals surface area contributed by atoms with Gasteiger partial charge in [-0.1, -0.05) is 24.1 Å². The van der Waals surface area contributed by atoms with Gasteiger partial charge in [0.25, 0.3) is 5.91 Å². The summed E-state index contributed by atoms with van der Waals surface area (Å²) in [4.78, 5) is 23.1. The molecule has 8 nitrogen and oxygen atoms in total. The molecule has 4 aromatic rings. The van der Waals surface area contributed by atoms with Gasteiger partial charge in [0.05, 0.1) is 5.39 Å². The van der Waals surface area contributed by atoms with Crippen molar-refractivity contribution in [2.45, 2.75) is 25.8 Å². The van der Waals surface area contributed by atoms with Crippen LogP contribution in [0.5, 0.6) is 11.5 Å². The number of aromatic nitrogens is 4. The van der Waals surface area contributed by atoms with E-state index in [1.807, 2.05) is 54.6 Å². The number of ether oxygens (including phenoxy) is 1. The SMILES string of the molecule is CC#CC(=O)NC1CCCN(c2ncnc3[nH]nc(-c4ccc(Oc5ccccc5)cc4)c23)C1. The summed E-state index contributed by atoms with van der Waals surface area (Å²) >= 11 is 0. The van der Waals surface area contributed by atoms with Crippen LogP contribution in [-0.2, 0) is 4.79 Å². The quantitative estimate of drug-likeness (QED) is 0.446. The van der Waals surface area contributed by atoms with Gasteiger partial charge in [-0.05, 0) is 62.1 Å². The number of H-pyrrole nitrogens is 1. The molecular weight excluding hydrogens is 428 g/mol. The molecule has 1 aliphatic rings. The number of nitrogens with one attached hydrogen (secondary N) is 2. The number of benzene rings is 2. The number of piperidine rings is 1. The van der Waals surface area contributed by atoms with Crippen molar-refractivity contribution in [3.63, 3.8) is 0 Å². The molecule has 0 aliphatic carbocycles. The van der Waals surface area contributed by atoms with Crippen molar-refractivity contribution in [2.24, 2.45) is 0 Å². The van der Waals surface area contributed by atoms with Gasteiger partial charge >= 0.3 is 0 Å². The fraction of sp³-hybridized carbons (Fsp3) is 0.231. The maximum Gasteiger partial charge on any atom is 0.296 e. The minimum Gasteiger partial charge on any atom is -0.457 e. The summed E-state index contributed by atoms with van der Waals surface area (Å²) in [6.07, 6.45) is 3.39. The van der Waals surface area contributed by atoms with Gasteiger partial charge in [0.2, 0.25) is 0 Å². The van der Waals surface area contributed by atoms with E-state index in [0.717, 1.165) is 53.3 Å². The lowest BCUT2D eigenvalue weighted by Crippen LogP contribution is -2.47. The van der Waals surface area contributed by atoms with Crippen LogP contribution < -0.4 is 15.0 Å². The highest BCUT2D eigenvalue weighted by Gasteiger charge is 2.25. The van der Waals surface area contributed by atoms with E-state index in [9.17, 15) is 4.79 Å². The molecule has 8 heteroatoms. The lowest BCUT2D eigenvalue weighted by molar-refractivity contribution is -0.116. The number of amides is 1. The summed E-state index contributed by atoms with van der Waals surface area (Å²) in [6.45, 7) is 3.15. The lowest BCUT2D eigenvalue weighted by Gasteiger charge is -2.33. The number of aromatic amines is 1. The first-order valence-electron chi connectivity index (χ1n) is 11.2. The van der Waals surface area contributed by atoms with Crippen LogP contribution in [0.3, 0.4) is 0 Å². The summed E-state index contributed by atoms with van der Waals surface area (Å²) in [5.41, 5.74) is 2.38. The van der Waals surface area contributed by atoms with Crippen LogP contribution in [0.15, 0.2) is 60.9 Å². The highest BCUT2D eigenvalue weighted by Crippen LogP contribution is 2.34. The van der Waals surface area contributed by atoms with E-state index in [4.69, 9.17) is 4.74 Å². The number of para-hydroxylation sites is 1. The number of anilines is 1. The van der Waals surface area contributed by atoms with Gasteiger partial charge in [-0.25, -0.2) is 9.97 Å². The third-order valence-electron chi connectivity index (χ3n) is 5.74. The van der Waals surface area contributed by atoms with Crippen LogP contribution in [0.4, 0.5) is 5.82 Å². The zero-order valence-electron chi connectivity index (χ0n) is 18.8. The fourth-order valence-corrected chi connectivity index (χ4v) is 4.22. The molecule has 5 rings (SSSR count). The number of nitrogens with zero attached hydrogens (tertiary/aromatic N) is 4. The summed E-state index contributed by atoms with van der Waals surface area (Å²) in [7, 11) is 0. The van der Waals surface area contributed by atoms with E-state index < -0.39 is 0 Å². The summed E-state index contributed by atoms with van der Waals surface area (Å²) < 4.78 is 5.91. The number of carbonyl (C=O) groups is 1. The molecule has 0 bridgehead atoms. The Balaban J connectivity index is 1.42. The molecule has 2 aromatic carbocycles. The topological polar surface area (TPSA) is 96.0 Å². The van der Waals surface area contributed by atoms with Crippen molar-refractivity contribution in [3.05, 3.63) is 60.9 Å². The van der Waals surface area contributed by atoms with Crippen LogP contribution in [-0.4, -0.2) is 45.2 Å². The second kappa shape index (κ2) is 9.63. The van der Waals surface area contributed by atoms with Crippen molar-refractivity contribution in [1.82, 2.24) is 25.5 Å². The molecule has 1 fully saturated rings. The molecule has 0 radical (unpaired) electrons. The Labute approximate surface area is 197 Å². The number of carbonyl (C=O) groups excluding carboxylic acids is 1. The fourth-order valence-electron chi connectivity index (χ4n) is 4.22. The van der Waals surface area contributed by atoms with Crippen LogP contribution in [0.25, 0.3) is 22.3 Å². The average molecular weight is 453 g/mol. The second-order valence-corrected chi connectivity index (χ2v) is 8.07. The van der Waals surface area contributed by atoms with Crippen LogP contribution >= 0.6 is 0 Å². The molecule has 1 saturated heterocycles. The smallest absolute Gasteiger partial charge is 0.296 e. The first-order valence-corrected chi connectivity index (χ1v) is 11.2. The molecule has 3 heterocycles. The van der Waals surface area contributed by atoms with E-state index in [1.165, 1.54) is 0 Å². The molecule has 0 saturated carbocycles. The average Bonchev–Trinajstić information content (AvgIpc) is 3.30. The maximum atomic E-state index is 12.0. The van der Waals surface area contributed by atoms with Gasteiger partial charge in [-0.2, -0.15) is 5.10 Å². The first kappa shape index (κ1) is 21.5. The maximum absolute atomic E-state index is 12.0. The second-order valence-electron chi connectivity index (χ2n) is 8.07. The number of hydrogen-bond donors (Lipinski definition) is 2. The zero-order chi connectivity index (χ0) is 23.3. The zero-order valence-corrected chi connectivity index (χ0v) is 18.8. The molecule has 1 atom stereocenters. The van der Waals surface area contributed by atoms with Crippen molar-refractivity contribution in [3.8, 4) is 34.6 Å². The van der Waals surface area contributed by atoms with E-state index >= 15 is 0 Å². The van der Waals surface area contributed by atoms with Crippen LogP contribution in [0.2, 0.25) is 0 Å². The Kier molecular flexibility index (Phi) is 6.08. The van der Waals surface area contributed by atoms with Crippen molar-refractivity contribution >= 4 is 22.8 Å². The number of hydrogen-bond acceptors (Lipinski definition) is 6. The highest BCUT2D eigenvalue weighted by molar-refractivity contribution is 5.99. The third kappa shape index (κ3) is 4.55. The van der Waals surface area contributed by atoms with E-state index in [-0.39, 0.29) is 11.9 Å². The molecular formula is C26H24N6O2. The van der Waals surface area contributed by atoms with Gasteiger partial charge in [-0.3, -0.25) is 9.89 Å². The van der Waals surface area contributed by atoms with Crippen LogP contribution in [0, 0.1) is 11.8 Å². The Bertz CT molecular complexity index is 1360. The summed E-state index contributed by atoms with van der Waals surface area (Å²) in [5.74, 6) is 7.29. The molecule has 2 aromatic heterocycles. The summed E-state index contributed by atoms with van der Waals surface area (Å²) in [5, 5.41) is 11.4. The highest BCUT2D eigenvalue weighted by atomic mass is 16.5. The van der Waals surface area contributed by atoms with Gasteiger partial charge in [0.1, 0.15) is 29.3 Å². The van der Waals surface area contributed by atoms with Gasteiger partial charge < -0.3 is 15.0 Å². The third-order valence-corrected chi connectivity index (χ3v) is 5.74. The number of rotatable bonds is 5. The van der Waals surface area contributed by atoms with E-state index in [2.05, 4.69) is 42.2 Å². The van der Waals surface area contributed by atoms with Crippen LogP contribution in [0.1, 0.15) is 19.8 Å². The molecule has 170 valence electrons. The molecule has 1 unspecified atom stereocenters.